The number of carbonyl (C=O) groups is 2. The van der Waals surface area contributed by atoms with Gasteiger partial charge < -0.3 is 14.6 Å². The molecule has 1 aromatic heterocycles. The number of carbonyl (C=O) groups excluding carboxylic acids is 2. The van der Waals surface area contributed by atoms with E-state index in [4.69, 9.17) is 4.42 Å². The van der Waals surface area contributed by atoms with E-state index >= 15 is 0 Å². The summed E-state index contributed by atoms with van der Waals surface area (Å²) in [6.45, 7) is 4.47. The van der Waals surface area contributed by atoms with Crippen molar-refractivity contribution in [1.82, 2.24) is 15.1 Å². The molecule has 4 rings (SSSR count). The number of nitrogens with one attached hydrogen (secondary N) is 1. The fraction of sp³-hybridized carbons (Fsp3) is 0.304. The van der Waals surface area contributed by atoms with E-state index in [0.717, 1.165) is 16.7 Å². The predicted molar refractivity (Wildman–Crippen MR) is 112 cm³/mol. The molecule has 3 aromatic rings. The van der Waals surface area contributed by atoms with Crippen LogP contribution in [-0.2, 0) is 22.6 Å². The maximum absolute atomic E-state index is 13.1. The van der Waals surface area contributed by atoms with Crippen LogP contribution in [0.25, 0.3) is 11.5 Å². The van der Waals surface area contributed by atoms with Gasteiger partial charge in [-0.15, -0.1) is 10.2 Å². The molecule has 2 aromatic carbocycles. The highest BCUT2D eigenvalue weighted by Crippen LogP contribution is 2.26. The number of aromatic nitrogens is 2. The van der Waals surface area contributed by atoms with Crippen molar-refractivity contribution in [3.8, 4) is 11.5 Å². The molecular formula is C23H24N4O3. The van der Waals surface area contributed by atoms with Crippen LogP contribution in [0.2, 0.25) is 0 Å². The highest BCUT2D eigenvalue weighted by molar-refractivity contribution is 5.97. The normalized spacial score (nSPS) is 15.7. The van der Waals surface area contributed by atoms with Gasteiger partial charge in [0.05, 0.1) is 0 Å². The molecule has 154 valence electrons. The Kier molecular flexibility index (Phi) is 5.61. The van der Waals surface area contributed by atoms with E-state index in [1.807, 2.05) is 38.1 Å². The molecule has 0 aliphatic carbocycles. The maximum Gasteiger partial charge on any atom is 0.247 e. The van der Waals surface area contributed by atoms with Gasteiger partial charge in [-0.2, -0.15) is 0 Å². The van der Waals surface area contributed by atoms with Crippen molar-refractivity contribution in [1.29, 1.82) is 0 Å². The minimum Gasteiger partial charge on any atom is -0.423 e. The van der Waals surface area contributed by atoms with Gasteiger partial charge >= 0.3 is 0 Å². The first-order valence-electron chi connectivity index (χ1n) is 10.0. The quantitative estimate of drug-likeness (QED) is 0.701. The Morgan fingerprint density at radius 3 is 2.53 bits per heavy atom. The van der Waals surface area contributed by atoms with Crippen molar-refractivity contribution in [2.45, 2.75) is 39.3 Å². The molecule has 1 aliphatic rings. The molecule has 1 N–H and O–H groups in total. The highest BCUT2D eigenvalue weighted by Gasteiger charge is 2.34. The number of nitrogens with zero attached hydrogens (tertiary/aromatic N) is 3. The number of hydrogen-bond donors (Lipinski definition) is 1. The summed E-state index contributed by atoms with van der Waals surface area (Å²) in [5.74, 6) is 0.469. The van der Waals surface area contributed by atoms with Crippen molar-refractivity contribution >= 4 is 17.5 Å². The molecule has 0 saturated carbocycles. The van der Waals surface area contributed by atoms with Crippen molar-refractivity contribution in [3.05, 3.63) is 66.1 Å². The van der Waals surface area contributed by atoms with Crippen LogP contribution in [0.5, 0.6) is 0 Å². The first-order valence-corrected chi connectivity index (χ1v) is 10.0. The average molecular weight is 404 g/mol. The van der Waals surface area contributed by atoms with Crippen LogP contribution < -0.4 is 5.32 Å². The summed E-state index contributed by atoms with van der Waals surface area (Å²) in [4.78, 5) is 27.7. The number of amides is 2. The minimum absolute atomic E-state index is 0.00592. The fourth-order valence-corrected chi connectivity index (χ4v) is 3.71. The molecule has 7 heteroatoms. The molecule has 30 heavy (non-hydrogen) atoms. The lowest BCUT2D eigenvalue weighted by molar-refractivity contribution is -0.140. The summed E-state index contributed by atoms with van der Waals surface area (Å²) in [6, 6.07) is 14.6. The van der Waals surface area contributed by atoms with Crippen LogP contribution in [-0.4, -0.2) is 33.0 Å². The third-order valence-corrected chi connectivity index (χ3v) is 5.21. The zero-order valence-corrected chi connectivity index (χ0v) is 17.0. The zero-order chi connectivity index (χ0) is 21.1. The molecule has 0 spiro atoms. The average Bonchev–Trinajstić information content (AvgIpc) is 3.27. The summed E-state index contributed by atoms with van der Waals surface area (Å²) in [5.41, 5.74) is 3.63. The van der Waals surface area contributed by atoms with Crippen molar-refractivity contribution < 1.29 is 14.0 Å². The molecule has 2 heterocycles. The summed E-state index contributed by atoms with van der Waals surface area (Å²) < 4.78 is 5.19. The van der Waals surface area contributed by atoms with Crippen LogP contribution in [0.3, 0.4) is 0 Å². The Labute approximate surface area is 175 Å². The van der Waals surface area contributed by atoms with Crippen LogP contribution in [0.4, 0.5) is 5.69 Å². The van der Waals surface area contributed by atoms with Gasteiger partial charge in [0.1, 0.15) is 6.04 Å². The standard InChI is InChI=1S/C23H24N4O3/c1-15(2)11-21(28)27-13-18-6-4-3-5-17(18)12-20(27)22(29)25-19-9-7-16(8-10-19)23-26-24-14-30-23/h3-10,14-15,20H,11-13H2,1-2H3,(H,25,29). The number of benzene rings is 2. The topological polar surface area (TPSA) is 88.3 Å². The first-order chi connectivity index (χ1) is 14.5. The third kappa shape index (κ3) is 4.25. The molecule has 0 radical (unpaired) electrons. The summed E-state index contributed by atoms with van der Waals surface area (Å²) in [5, 5.41) is 10.5. The van der Waals surface area contributed by atoms with Gasteiger partial charge in [-0.1, -0.05) is 38.1 Å². The Bertz CT molecular complexity index is 1030. The molecule has 0 fully saturated rings. The van der Waals surface area contributed by atoms with Crippen molar-refractivity contribution in [3.63, 3.8) is 0 Å². The summed E-state index contributed by atoms with van der Waals surface area (Å²) in [7, 11) is 0. The molecule has 1 atom stereocenters. The van der Waals surface area contributed by atoms with Crippen LogP contribution in [0, 0.1) is 5.92 Å². The van der Waals surface area contributed by atoms with E-state index in [9.17, 15) is 9.59 Å². The molecule has 2 amide bonds. The van der Waals surface area contributed by atoms with E-state index < -0.39 is 6.04 Å². The second-order valence-corrected chi connectivity index (χ2v) is 7.92. The van der Waals surface area contributed by atoms with Gasteiger partial charge in [-0.05, 0) is 41.3 Å². The number of fused-ring (bicyclic) bond motifs is 1. The third-order valence-electron chi connectivity index (χ3n) is 5.21. The van der Waals surface area contributed by atoms with Gasteiger partial charge in [0.2, 0.25) is 24.1 Å². The summed E-state index contributed by atoms with van der Waals surface area (Å²) in [6.07, 6.45) is 2.20. The van der Waals surface area contributed by atoms with E-state index in [1.54, 1.807) is 29.2 Å². The number of rotatable bonds is 5. The van der Waals surface area contributed by atoms with Crippen molar-refractivity contribution in [2.24, 2.45) is 5.92 Å². The lowest BCUT2D eigenvalue weighted by Gasteiger charge is -2.36. The number of hydrogen-bond acceptors (Lipinski definition) is 5. The molecular weight excluding hydrogens is 380 g/mol. The van der Waals surface area contributed by atoms with Crippen LogP contribution in [0.15, 0.2) is 59.3 Å². The Morgan fingerprint density at radius 2 is 1.87 bits per heavy atom. The fourth-order valence-electron chi connectivity index (χ4n) is 3.71. The second kappa shape index (κ2) is 8.49. The van der Waals surface area contributed by atoms with Crippen LogP contribution >= 0.6 is 0 Å². The van der Waals surface area contributed by atoms with E-state index in [0.29, 0.717) is 31.0 Å². The largest absolute Gasteiger partial charge is 0.423 e. The molecule has 1 unspecified atom stereocenters. The predicted octanol–water partition coefficient (Wildman–Crippen LogP) is 3.67. The molecule has 7 nitrogen and oxygen atoms in total. The smallest absolute Gasteiger partial charge is 0.247 e. The van der Waals surface area contributed by atoms with Crippen LogP contribution in [0.1, 0.15) is 31.4 Å². The van der Waals surface area contributed by atoms with Gasteiger partial charge in [0.25, 0.3) is 0 Å². The Morgan fingerprint density at radius 1 is 1.13 bits per heavy atom. The SMILES string of the molecule is CC(C)CC(=O)N1Cc2ccccc2CC1C(=O)Nc1ccc(-c2nnco2)cc1. The Hall–Kier alpha value is -3.48. The summed E-state index contributed by atoms with van der Waals surface area (Å²) >= 11 is 0. The maximum atomic E-state index is 13.1. The monoisotopic (exact) mass is 404 g/mol. The lowest BCUT2D eigenvalue weighted by Crippen LogP contribution is -2.50. The lowest BCUT2D eigenvalue weighted by atomic mass is 9.92. The minimum atomic E-state index is -0.540. The van der Waals surface area contributed by atoms with Crippen molar-refractivity contribution in [2.75, 3.05) is 5.32 Å². The molecule has 1 aliphatic heterocycles. The first kappa shape index (κ1) is 19.8. The molecule has 0 saturated heterocycles. The van der Waals surface area contributed by atoms with Gasteiger partial charge in [0.15, 0.2) is 0 Å². The highest BCUT2D eigenvalue weighted by atomic mass is 16.4. The Balaban J connectivity index is 1.53. The van der Waals surface area contributed by atoms with E-state index in [1.165, 1.54) is 6.39 Å². The van der Waals surface area contributed by atoms with Gasteiger partial charge in [-0.3, -0.25) is 9.59 Å². The molecule has 0 bridgehead atoms. The van der Waals surface area contributed by atoms with Gasteiger partial charge in [0, 0.05) is 30.6 Å². The second-order valence-electron chi connectivity index (χ2n) is 7.92. The van der Waals surface area contributed by atoms with Gasteiger partial charge in [-0.25, -0.2) is 0 Å². The van der Waals surface area contributed by atoms with E-state index in [-0.39, 0.29) is 17.7 Å². The zero-order valence-electron chi connectivity index (χ0n) is 17.0. The number of anilines is 1. The van der Waals surface area contributed by atoms with E-state index in [2.05, 4.69) is 15.5 Å².